The molecule has 0 radical (unpaired) electrons. The van der Waals surface area contributed by atoms with Gasteiger partial charge < -0.3 is 20.1 Å². The maximum atomic E-state index is 11.7. The Hall–Kier alpha value is -1.75. The second-order valence-electron chi connectivity index (χ2n) is 4.50. The third-order valence-corrected chi connectivity index (χ3v) is 2.88. The number of methoxy groups -OCH3 is 1. The Kier molecular flexibility index (Phi) is 4.63. The van der Waals surface area contributed by atoms with Crippen molar-refractivity contribution in [2.45, 2.75) is 25.8 Å². The zero-order valence-electron chi connectivity index (χ0n) is 11.4. The lowest BCUT2D eigenvalue weighted by molar-refractivity contribution is -0.115. The van der Waals surface area contributed by atoms with Crippen LogP contribution in [0.2, 0.25) is 0 Å². The molecule has 0 aromatic heterocycles. The van der Waals surface area contributed by atoms with Crippen LogP contribution >= 0.6 is 0 Å². The van der Waals surface area contributed by atoms with Crippen LogP contribution in [0.1, 0.15) is 19.8 Å². The van der Waals surface area contributed by atoms with Gasteiger partial charge in [-0.15, -0.1) is 0 Å². The van der Waals surface area contributed by atoms with Crippen molar-refractivity contribution in [3.05, 3.63) is 18.2 Å². The predicted molar refractivity (Wildman–Crippen MR) is 73.8 cm³/mol. The first-order valence-corrected chi connectivity index (χ1v) is 6.57. The monoisotopic (exact) mass is 264 g/mol. The van der Waals surface area contributed by atoms with Crippen LogP contribution in [0.3, 0.4) is 0 Å². The van der Waals surface area contributed by atoms with E-state index in [-0.39, 0.29) is 5.91 Å². The lowest BCUT2D eigenvalue weighted by atomic mass is 10.2. The molecule has 0 heterocycles. The van der Waals surface area contributed by atoms with Crippen molar-refractivity contribution >= 4 is 11.6 Å². The van der Waals surface area contributed by atoms with Crippen LogP contribution in [-0.4, -0.2) is 32.2 Å². The molecular formula is C14H20N2O3. The number of rotatable bonds is 7. The summed E-state index contributed by atoms with van der Waals surface area (Å²) in [6.45, 7) is 2.81. The molecule has 0 saturated heterocycles. The third-order valence-electron chi connectivity index (χ3n) is 2.88. The highest BCUT2D eigenvalue weighted by molar-refractivity contribution is 5.92. The molecule has 1 aromatic rings. The SMILES string of the molecule is CCOc1cc(NC(=O)CNC2CC2)ccc1OC. The van der Waals surface area contributed by atoms with E-state index in [4.69, 9.17) is 9.47 Å². The number of carbonyl (C=O) groups is 1. The van der Waals surface area contributed by atoms with Crippen LogP contribution < -0.4 is 20.1 Å². The molecule has 19 heavy (non-hydrogen) atoms. The fourth-order valence-electron chi connectivity index (χ4n) is 1.75. The van der Waals surface area contributed by atoms with Gasteiger partial charge in [0.1, 0.15) is 0 Å². The molecule has 104 valence electrons. The van der Waals surface area contributed by atoms with Gasteiger partial charge in [0.25, 0.3) is 0 Å². The number of amides is 1. The summed E-state index contributed by atoms with van der Waals surface area (Å²) in [5.41, 5.74) is 0.715. The average Bonchev–Trinajstić information content (AvgIpc) is 3.21. The van der Waals surface area contributed by atoms with Crippen LogP contribution in [0, 0.1) is 0 Å². The summed E-state index contributed by atoms with van der Waals surface area (Å²) in [6.07, 6.45) is 2.34. The Morgan fingerprint density at radius 1 is 1.37 bits per heavy atom. The van der Waals surface area contributed by atoms with Crippen molar-refractivity contribution in [2.24, 2.45) is 0 Å². The summed E-state index contributed by atoms with van der Waals surface area (Å²) in [5, 5.41) is 6.01. The minimum atomic E-state index is -0.0421. The lowest BCUT2D eigenvalue weighted by Crippen LogP contribution is -2.29. The van der Waals surface area contributed by atoms with Gasteiger partial charge in [0, 0.05) is 17.8 Å². The average molecular weight is 264 g/mol. The van der Waals surface area contributed by atoms with E-state index in [0.29, 0.717) is 36.4 Å². The summed E-state index contributed by atoms with van der Waals surface area (Å²) in [7, 11) is 1.59. The van der Waals surface area contributed by atoms with Crippen LogP contribution in [0.4, 0.5) is 5.69 Å². The molecule has 0 unspecified atom stereocenters. The van der Waals surface area contributed by atoms with Crippen LogP contribution in [-0.2, 0) is 4.79 Å². The first kappa shape index (κ1) is 13.7. The molecule has 0 bridgehead atoms. The molecule has 0 spiro atoms. The number of carbonyl (C=O) groups excluding carboxylic acids is 1. The van der Waals surface area contributed by atoms with E-state index in [2.05, 4.69) is 10.6 Å². The van der Waals surface area contributed by atoms with Gasteiger partial charge in [-0.2, -0.15) is 0 Å². The highest BCUT2D eigenvalue weighted by Crippen LogP contribution is 2.30. The van der Waals surface area contributed by atoms with Crippen molar-refractivity contribution in [3.63, 3.8) is 0 Å². The summed E-state index contributed by atoms with van der Waals surface area (Å²) < 4.78 is 10.7. The number of ether oxygens (including phenoxy) is 2. The summed E-state index contributed by atoms with van der Waals surface area (Å²) in [5.74, 6) is 1.26. The Morgan fingerprint density at radius 3 is 2.79 bits per heavy atom. The maximum Gasteiger partial charge on any atom is 0.238 e. The topological polar surface area (TPSA) is 59.6 Å². The first-order chi connectivity index (χ1) is 9.22. The van der Waals surface area contributed by atoms with Crippen molar-refractivity contribution in [2.75, 3.05) is 25.6 Å². The van der Waals surface area contributed by atoms with E-state index in [1.165, 1.54) is 12.8 Å². The standard InChI is InChI=1S/C14H20N2O3/c1-3-19-13-8-11(6-7-12(13)18-2)16-14(17)9-15-10-4-5-10/h6-8,10,15H,3-5,9H2,1-2H3,(H,16,17). The van der Waals surface area contributed by atoms with E-state index in [9.17, 15) is 4.79 Å². The number of hydrogen-bond donors (Lipinski definition) is 2. The van der Waals surface area contributed by atoms with Crippen LogP contribution in [0.5, 0.6) is 11.5 Å². The molecule has 1 saturated carbocycles. The van der Waals surface area contributed by atoms with E-state index in [0.717, 1.165) is 0 Å². The Bertz CT molecular complexity index is 444. The molecule has 1 amide bonds. The van der Waals surface area contributed by atoms with Gasteiger partial charge in [0.05, 0.1) is 20.3 Å². The molecule has 1 aliphatic carbocycles. The lowest BCUT2D eigenvalue weighted by Gasteiger charge is -2.12. The van der Waals surface area contributed by atoms with E-state index in [1.807, 2.05) is 6.92 Å². The maximum absolute atomic E-state index is 11.7. The second kappa shape index (κ2) is 6.43. The van der Waals surface area contributed by atoms with Gasteiger partial charge >= 0.3 is 0 Å². The van der Waals surface area contributed by atoms with Crippen molar-refractivity contribution < 1.29 is 14.3 Å². The van der Waals surface area contributed by atoms with Gasteiger partial charge in [0.2, 0.25) is 5.91 Å². The zero-order chi connectivity index (χ0) is 13.7. The van der Waals surface area contributed by atoms with Crippen molar-refractivity contribution in [3.8, 4) is 11.5 Å². The molecule has 0 atom stereocenters. The summed E-state index contributed by atoms with van der Waals surface area (Å²) in [6, 6.07) is 5.89. The van der Waals surface area contributed by atoms with Crippen LogP contribution in [0.15, 0.2) is 18.2 Å². The van der Waals surface area contributed by atoms with Crippen molar-refractivity contribution in [1.29, 1.82) is 0 Å². The number of nitrogens with one attached hydrogen (secondary N) is 2. The first-order valence-electron chi connectivity index (χ1n) is 6.57. The largest absolute Gasteiger partial charge is 0.493 e. The summed E-state index contributed by atoms with van der Waals surface area (Å²) >= 11 is 0. The molecule has 0 aliphatic heterocycles. The zero-order valence-corrected chi connectivity index (χ0v) is 11.4. The summed E-state index contributed by atoms with van der Waals surface area (Å²) in [4.78, 5) is 11.7. The van der Waals surface area contributed by atoms with Gasteiger partial charge in [0.15, 0.2) is 11.5 Å². The van der Waals surface area contributed by atoms with E-state index in [1.54, 1.807) is 25.3 Å². The van der Waals surface area contributed by atoms with Crippen LogP contribution in [0.25, 0.3) is 0 Å². The Labute approximate surface area is 113 Å². The number of benzene rings is 1. The van der Waals surface area contributed by atoms with Gasteiger partial charge in [-0.3, -0.25) is 4.79 Å². The smallest absolute Gasteiger partial charge is 0.238 e. The molecule has 2 rings (SSSR count). The predicted octanol–water partition coefficient (Wildman–Crippen LogP) is 1.78. The molecule has 1 fully saturated rings. The minimum Gasteiger partial charge on any atom is -0.493 e. The van der Waals surface area contributed by atoms with Gasteiger partial charge in [-0.1, -0.05) is 0 Å². The fourth-order valence-corrected chi connectivity index (χ4v) is 1.75. The van der Waals surface area contributed by atoms with E-state index < -0.39 is 0 Å². The third kappa shape index (κ3) is 4.13. The van der Waals surface area contributed by atoms with Crippen molar-refractivity contribution in [1.82, 2.24) is 5.32 Å². The minimum absolute atomic E-state index is 0.0421. The number of hydrogen-bond acceptors (Lipinski definition) is 4. The normalized spacial score (nSPS) is 14.0. The molecule has 1 aromatic carbocycles. The molecule has 2 N–H and O–H groups in total. The quantitative estimate of drug-likeness (QED) is 0.788. The van der Waals surface area contributed by atoms with Gasteiger partial charge in [-0.05, 0) is 31.9 Å². The number of anilines is 1. The highest BCUT2D eigenvalue weighted by atomic mass is 16.5. The Balaban J connectivity index is 1.94. The molecule has 1 aliphatic rings. The highest BCUT2D eigenvalue weighted by Gasteiger charge is 2.21. The Morgan fingerprint density at radius 2 is 2.16 bits per heavy atom. The fraction of sp³-hybridized carbons (Fsp3) is 0.500. The molecule has 5 nitrogen and oxygen atoms in total. The molecule has 5 heteroatoms. The molecular weight excluding hydrogens is 244 g/mol. The van der Waals surface area contributed by atoms with E-state index >= 15 is 0 Å². The van der Waals surface area contributed by atoms with Gasteiger partial charge in [-0.25, -0.2) is 0 Å². The second-order valence-corrected chi connectivity index (χ2v) is 4.50.